The van der Waals surface area contributed by atoms with E-state index in [0.717, 1.165) is 17.3 Å². The van der Waals surface area contributed by atoms with Gasteiger partial charge < -0.3 is 4.74 Å². The van der Waals surface area contributed by atoms with Crippen molar-refractivity contribution in [2.24, 2.45) is 0 Å². The normalized spacial score (nSPS) is 20.2. The highest BCUT2D eigenvalue weighted by atomic mass is 79.9. The van der Waals surface area contributed by atoms with Gasteiger partial charge in [0.25, 0.3) is 0 Å². The molecule has 1 aliphatic rings. The van der Waals surface area contributed by atoms with Crippen LogP contribution in [0.2, 0.25) is 0 Å². The van der Waals surface area contributed by atoms with E-state index in [9.17, 15) is 13.2 Å². The van der Waals surface area contributed by atoms with E-state index in [2.05, 4.69) is 31.9 Å². The second kappa shape index (κ2) is 6.76. The molecule has 1 aliphatic heterocycles. The largest absolute Gasteiger partial charge is 0.468 e. The summed E-state index contributed by atoms with van der Waals surface area (Å²) in [5, 5.41) is 0. The average molecular weight is 441 g/mol. The maximum atomic E-state index is 12.8. The van der Waals surface area contributed by atoms with E-state index in [1.54, 1.807) is 12.1 Å². The van der Waals surface area contributed by atoms with Crippen molar-refractivity contribution < 1.29 is 17.9 Å². The van der Waals surface area contributed by atoms with Gasteiger partial charge in [0.1, 0.15) is 6.04 Å². The van der Waals surface area contributed by atoms with Gasteiger partial charge >= 0.3 is 5.97 Å². The van der Waals surface area contributed by atoms with Crippen molar-refractivity contribution in [3.8, 4) is 0 Å². The van der Waals surface area contributed by atoms with Crippen LogP contribution in [0.1, 0.15) is 19.3 Å². The lowest BCUT2D eigenvalue weighted by Gasteiger charge is -2.32. The molecule has 1 fully saturated rings. The second-order valence-corrected chi connectivity index (χ2v) is 8.35. The molecule has 8 heteroatoms. The van der Waals surface area contributed by atoms with Crippen molar-refractivity contribution in [1.29, 1.82) is 0 Å². The standard InChI is InChI=1S/C13H15Br2NO4S/c1-20-13(17)11-4-2-3-7-16(11)21(18,19)12-6-5-9(14)8-10(12)15/h5-6,8,11H,2-4,7H2,1H3/t11-/m1/s1. The van der Waals surface area contributed by atoms with Gasteiger partial charge in [-0.2, -0.15) is 4.31 Å². The van der Waals surface area contributed by atoms with Crippen molar-refractivity contribution in [2.75, 3.05) is 13.7 Å². The number of nitrogens with zero attached hydrogens (tertiary/aromatic N) is 1. The number of carbonyl (C=O) groups excluding carboxylic acids is 1. The number of carbonyl (C=O) groups is 1. The summed E-state index contributed by atoms with van der Waals surface area (Å²) >= 11 is 6.56. The number of esters is 1. The topological polar surface area (TPSA) is 63.7 Å². The van der Waals surface area contributed by atoms with Crippen molar-refractivity contribution in [2.45, 2.75) is 30.2 Å². The molecule has 116 valence electrons. The lowest BCUT2D eigenvalue weighted by Crippen LogP contribution is -2.48. The molecule has 0 spiro atoms. The lowest BCUT2D eigenvalue weighted by molar-refractivity contribution is -0.146. The molecule has 1 atom stereocenters. The van der Waals surface area contributed by atoms with Crippen molar-refractivity contribution in [3.05, 3.63) is 27.1 Å². The van der Waals surface area contributed by atoms with Crippen LogP contribution in [0.3, 0.4) is 0 Å². The van der Waals surface area contributed by atoms with Gasteiger partial charge in [-0.25, -0.2) is 8.42 Å². The highest BCUT2D eigenvalue weighted by molar-refractivity contribution is 9.11. The first-order valence-corrected chi connectivity index (χ1v) is 9.45. The van der Waals surface area contributed by atoms with E-state index in [0.29, 0.717) is 17.4 Å². The first-order chi connectivity index (χ1) is 9.87. The third-order valence-electron chi connectivity index (χ3n) is 3.41. The fourth-order valence-electron chi connectivity index (χ4n) is 2.38. The van der Waals surface area contributed by atoms with Gasteiger partial charge in [-0.15, -0.1) is 0 Å². The van der Waals surface area contributed by atoms with Crippen molar-refractivity contribution >= 4 is 47.9 Å². The minimum absolute atomic E-state index is 0.154. The predicted molar refractivity (Wildman–Crippen MR) is 85.4 cm³/mol. The van der Waals surface area contributed by atoms with E-state index >= 15 is 0 Å². The van der Waals surface area contributed by atoms with Crippen LogP contribution in [-0.4, -0.2) is 38.4 Å². The van der Waals surface area contributed by atoms with Gasteiger partial charge in [-0.05, 0) is 53.4 Å². The summed E-state index contributed by atoms with van der Waals surface area (Å²) in [4.78, 5) is 12.0. The summed E-state index contributed by atoms with van der Waals surface area (Å²) in [7, 11) is -2.47. The number of halogens is 2. The Balaban J connectivity index is 2.43. The summed E-state index contributed by atoms with van der Waals surface area (Å²) in [5.74, 6) is -0.508. The van der Waals surface area contributed by atoms with E-state index < -0.39 is 22.0 Å². The molecule has 0 unspecified atom stereocenters. The molecule has 0 amide bonds. The number of hydrogen-bond acceptors (Lipinski definition) is 4. The SMILES string of the molecule is COC(=O)[C@H]1CCCCN1S(=O)(=O)c1ccc(Br)cc1Br. The summed E-state index contributed by atoms with van der Waals surface area (Å²) in [6.45, 7) is 0.324. The van der Waals surface area contributed by atoms with Crippen molar-refractivity contribution in [1.82, 2.24) is 4.31 Å². The number of sulfonamides is 1. The molecule has 1 aromatic rings. The first kappa shape index (κ1) is 16.9. The molecule has 0 aliphatic carbocycles. The fraction of sp³-hybridized carbons (Fsp3) is 0.462. The molecule has 2 rings (SSSR count). The van der Waals surface area contributed by atoms with E-state index in [-0.39, 0.29) is 4.90 Å². The van der Waals surface area contributed by atoms with Crippen LogP contribution in [0, 0.1) is 0 Å². The van der Waals surface area contributed by atoms with Gasteiger partial charge in [0.05, 0.1) is 12.0 Å². The Morgan fingerprint density at radius 1 is 1.33 bits per heavy atom. The van der Waals surface area contributed by atoms with Crippen LogP contribution in [0.15, 0.2) is 32.0 Å². The fourth-order valence-corrected chi connectivity index (χ4v) is 5.73. The van der Waals surface area contributed by atoms with Crippen LogP contribution in [-0.2, 0) is 19.6 Å². The van der Waals surface area contributed by atoms with Gasteiger partial charge in [0.2, 0.25) is 10.0 Å². The monoisotopic (exact) mass is 439 g/mol. The quantitative estimate of drug-likeness (QED) is 0.678. The number of benzene rings is 1. The van der Waals surface area contributed by atoms with Gasteiger partial charge in [-0.3, -0.25) is 4.79 Å². The van der Waals surface area contributed by atoms with E-state index in [4.69, 9.17) is 4.74 Å². The van der Waals surface area contributed by atoms with Crippen LogP contribution < -0.4 is 0 Å². The Morgan fingerprint density at radius 2 is 2.05 bits per heavy atom. The number of methoxy groups -OCH3 is 1. The zero-order valence-corrected chi connectivity index (χ0v) is 15.4. The number of hydrogen-bond donors (Lipinski definition) is 0. The van der Waals surface area contributed by atoms with Gasteiger partial charge in [0.15, 0.2) is 0 Å². The molecule has 0 bridgehead atoms. The number of rotatable bonds is 3. The molecule has 21 heavy (non-hydrogen) atoms. The maximum absolute atomic E-state index is 12.8. The zero-order chi connectivity index (χ0) is 15.6. The summed E-state index contributed by atoms with van der Waals surface area (Å²) in [6.07, 6.45) is 2.04. The smallest absolute Gasteiger partial charge is 0.324 e. The third kappa shape index (κ3) is 3.49. The van der Waals surface area contributed by atoms with Gasteiger partial charge in [-0.1, -0.05) is 15.9 Å². The third-order valence-corrected chi connectivity index (χ3v) is 6.79. The molecular formula is C13H15Br2NO4S. The number of ether oxygens (including phenoxy) is 1. The molecule has 1 heterocycles. The zero-order valence-electron chi connectivity index (χ0n) is 11.4. The highest BCUT2D eigenvalue weighted by Gasteiger charge is 2.38. The molecular weight excluding hydrogens is 426 g/mol. The predicted octanol–water partition coefficient (Wildman–Crippen LogP) is 2.93. The molecule has 0 radical (unpaired) electrons. The average Bonchev–Trinajstić information content (AvgIpc) is 2.46. The molecule has 1 aromatic carbocycles. The van der Waals surface area contributed by atoms with E-state index in [1.807, 2.05) is 0 Å². The van der Waals surface area contributed by atoms with Gasteiger partial charge in [0, 0.05) is 15.5 Å². The molecule has 0 saturated carbocycles. The van der Waals surface area contributed by atoms with Crippen LogP contribution in [0.5, 0.6) is 0 Å². The molecule has 0 N–H and O–H groups in total. The lowest BCUT2D eigenvalue weighted by atomic mass is 10.1. The Kier molecular flexibility index (Phi) is 5.45. The Labute approximate surface area is 141 Å². The second-order valence-electron chi connectivity index (χ2n) is 4.73. The summed E-state index contributed by atoms with van der Waals surface area (Å²) < 4.78 is 32.9. The molecule has 1 saturated heterocycles. The van der Waals surface area contributed by atoms with Crippen LogP contribution >= 0.6 is 31.9 Å². The van der Waals surface area contributed by atoms with E-state index in [1.165, 1.54) is 17.5 Å². The minimum Gasteiger partial charge on any atom is -0.468 e. The summed E-state index contributed by atoms with van der Waals surface area (Å²) in [6, 6.07) is 4.11. The summed E-state index contributed by atoms with van der Waals surface area (Å²) in [5.41, 5.74) is 0. The first-order valence-electron chi connectivity index (χ1n) is 6.42. The molecule has 0 aromatic heterocycles. The Bertz CT molecular complexity index is 648. The maximum Gasteiger partial charge on any atom is 0.324 e. The Morgan fingerprint density at radius 3 is 2.67 bits per heavy atom. The Hall–Kier alpha value is -0.440. The van der Waals surface area contributed by atoms with Crippen LogP contribution in [0.4, 0.5) is 0 Å². The van der Waals surface area contributed by atoms with Crippen molar-refractivity contribution in [3.63, 3.8) is 0 Å². The molecule has 5 nitrogen and oxygen atoms in total. The number of piperidine rings is 1. The van der Waals surface area contributed by atoms with Crippen LogP contribution in [0.25, 0.3) is 0 Å². The minimum atomic E-state index is -3.75. The highest BCUT2D eigenvalue weighted by Crippen LogP contribution is 2.31.